The number of hydrogen-bond donors (Lipinski definition) is 0. The third-order valence-electron chi connectivity index (χ3n) is 10.4. The molecule has 0 spiro atoms. The van der Waals surface area contributed by atoms with Crippen LogP contribution in [0.5, 0.6) is 0 Å². The Hall–Kier alpha value is -4.66. The molecule has 0 bridgehead atoms. The molecule has 2 unspecified atom stereocenters. The first-order chi connectivity index (χ1) is 23.3. The lowest BCUT2D eigenvalue weighted by molar-refractivity contribution is 0.441. The predicted molar refractivity (Wildman–Crippen MR) is 210 cm³/mol. The summed E-state index contributed by atoms with van der Waals surface area (Å²) in [4.78, 5) is 2.44. The molecule has 1 aliphatic carbocycles. The van der Waals surface area contributed by atoms with Crippen molar-refractivity contribution in [3.63, 3.8) is 0 Å². The maximum atomic E-state index is 2.51. The minimum atomic E-state index is -1.34. The Morgan fingerprint density at radius 1 is 0.583 bits per heavy atom. The summed E-state index contributed by atoms with van der Waals surface area (Å²) in [7, 11) is -1.34. The van der Waals surface area contributed by atoms with Gasteiger partial charge in [0.1, 0.15) is 0 Å². The van der Waals surface area contributed by atoms with E-state index < -0.39 is 8.07 Å². The minimum absolute atomic E-state index is 0.0234. The molecule has 1 aliphatic rings. The molecule has 0 saturated heterocycles. The van der Waals surface area contributed by atoms with Crippen LogP contribution >= 0.6 is 0 Å². The van der Waals surface area contributed by atoms with Crippen LogP contribution in [0.15, 0.2) is 152 Å². The lowest BCUT2D eigenvalue weighted by Crippen LogP contribution is -2.37. The van der Waals surface area contributed by atoms with Gasteiger partial charge in [-0.05, 0) is 94.1 Å². The summed E-state index contributed by atoms with van der Waals surface area (Å²) in [5.41, 5.74) is 13.0. The molecule has 6 aromatic carbocycles. The highest BCUT2D eigenvalue weighted by atomic mass is 28.3. The van der Waals surface area contributed by atoms with Gasteiger partial charge >= 0.3 is 0 Å². The minimum Gasteiger partial charge on any atom is -0.310 e. The largest absolute Gasteiger partial charge is 0.310 e. The highest BCUT2D eigenvalue weighted by Gasteiger charge is 2.43. The van der Waals surface area contributed by atoms with Crippen LogP contribution < -0.4 is 10.1 Å². The van der Waals surface area contributed by atoms with Crippen molar-refractivity contribution >= 4 is 30.3 Å². The molecule has 0 aliphatic heterocycles. The number of rotatable bonds is 9. The van der Waals surface area contributed by atoms with Crippen LogP contribution in [0.2, 0.25) is 19.6 Å². The molecule has 7 rings (SSSR count). The van der Waals surface area contributed by atoms with Crippen LogP contribution in [-0.4, -0.2) is 8.07 Å². The fourth-order valence-electron chi connectivity index (χ4n) is 7.95. The second-order valence-corrected chi connectivity index (χ2v) is 19.8. The van der Waals surface area contributed by atoms with Crippen LogP contribution in [0.25, 0.3) is 22.3 Å². The van der Waals surface area contributed by atoms with Gasteiger partial charge < -0.3 is 4.90 Å². The van der Waals surface area contributed by atoms with E-state index in [4.69, 9.17) is 0 Å². The van der Waals surface area contributed by atoms with Gasteiger partial charge in [0.2, 0.25) is 0 Å². The van der Waals surface area contributed by atoms with Crippen molar-refractivity contribution in [2.24, 2.45) is 0 Å². The zero-order valence-corrected chi connectivity index (χ0v) is 30.1. The third kappa shape index (κ3) is 6.06. The van der Waals surface area contributed by atoms with Crippen LogP contribution in [0.1, 0.15) is 55.7 Å². The molecule has 0 aromatic heterocycles. The van der Waals surface area contributed by atoms with Gasteiger partial charge in [-0.3, -0.25) is 0 Å². The molecule has 0 N–H and O–H groups in total. The summed E-state index contributed by atoms with van der Waals surface area (Å²) >= 11 is 0. The smallest absolute Gasteiger partial charge is 0.0775 e. The van der Waals surface area contributed by atoms with Crippen molar-refractivity contribution < 1.29 is 0 Å². The summed E-state index contributed by atoms with van der Waals surface area (Å²) < 4.78 is 0. The Kier molecular flexibility index (Phi) is 8.70. The number of fused-ring (bicyclic) bond motifs is 1. The van der Waals surface area contributed by atoms with E-state index >= 15 is 0 Å². The molecule has 48 heavy (non-hydrogen) atoms. The normalized spacial score (nSPS) is 17.2. The Morgan fingerprint density at radius 2 is 1.06 bits per heavy atom. The molecular weight excluding hydrogens is 595 g/mol. The van der Waals surface area contributed by atoms with Crippen LogP contribution in [-0.2, 0) is 5.41 Å². The molecule has 1 nitrogen and oxygen atoms in total. The zero-order chi connectivity index (χ0) is 33.3. The van der Waals surface area contributed by atoms with Gasteiger partial charge in [-0.15, -0.1) is 0 Å². The highest BCUT2D eigenvalue weighted by molar-refractivity contribution is 6.88. The van der Waals surface area contributed by atoms with E-state index in [0.717, 1.165) is 30.6 Å². The molecule has 0 amide bonds. The molecule has 0 fully saturated rings. The molecule has 240 valence electrons. The van der Waals surface area contributed by atoms with E-state index in [1.807, 2.05) is 0 Å². The summed E-state index contributed by atoms with van der Waals surface area (Å²) in [5.74, 6) is 0.519. The van der Waals surface area contributed by atoms with Gasteiger partial charge in [0.05, 0.1) is 8.07 Å². The maximum Gasteiger partial charge on any atom is 0.0775 e. The van der Waals surface area contributed by atoms with Crippen LogP contribution in [0.3, 0.4) is 0 Å². The van der Waals surface area contributed by atoms with Crippen LogP contribution in [0, 0.1) is 0 Å². The van der Waals surface area contributed by atoms with Gasteiger partial charge in [-0.1, -0.05) is 160 Å². The number of hydrogen-bond acceptors (Lipinski definition) is 1. The third-order valence-corrected chi connectivity index (χ3v) is 12.5. The van der Waals surface area contributed by atoms with Crippen molar-refractivity contribution in [2.45, 2.75) is 64.1 Å². The molecule has 0 saturated carbocycles. The highest BCUT2D eigenvalue weighted by Crippen LogP contribution is 2.54. The molecule has 2 heteroatoms. The monoisotopic (exact) mass is 641 g/mol. The molecule has 6 aromatic rings. The first kappa shape index (κ1) is 31.9. The summed E-state index contributed by atoms with van der Waals surface area (Å²) in [6, 6.07) is 56.6. The van der Waals surface area contributed by atoms with Crippen molar-refractivity contribution in [3.05, 3.63) is 168 Å². The van der Waals surface area contributed by atoms with E-state index in [0.29, 0.717) is 5.92 Å². The van der Waals surface area contributed by atoms with Gasteiger partial charge in [0.25, 0.3) is 0 Å². The van der Waals surface area contributed by atoms with E-state index in [9.17, 15) is 0 Å². The van der Waals surface area contributed by atoms with E-state index in [1.54, 1.807) is 0 Å². The Balaban J connectivity index is 1.33. The summed E-state index contributed by atoms with van der Waals surface area (Å²) in [5, 5.41) is 1.49. The average Bonchev–Trinajstić information content (AvgIpc) is 3.40. The lowest BCUT2D eigenvalue weighted by Gasteiger charge is -2.33. The van der Waals surface area contributed by atoms with Crippen molar-refractivity contribution in [1.29, 1.82) is 0 Å². The lowest BCUT2D eigenvalue weighted by atomic mass is 9.72. The first-order valence-electron chi connectivity index (χ1n) is 17.6. The SMILES string of the molecule is CCCC1(c2ccccc2)CC(C)c2ccc(N(c3ccc(-c4ccccc4)cc3)c3ccc(-c4ccc([Si](C)(C)C)cc4)cc3)cc21. The topological polar surface area (TPSA) is 3.24 Å². The van der Waals surface area contributed by atoms with Crippen molar-refractivity contribution in [2.75, 3.05) is 4.90 Å². The van der Waals surface area contributed by atoms with Crippen LogP contribution in [0.4, 0.5) is 17.1 Å². The van der Waals surface area contributed by atoms with Crippen molar-refractivity contribution in [3.8, 4) is 22.3 Å². The zero-order valence-electron chi connectivity index (χ0n) is 29.1. The molecule has 2 atom stereocenters. The number of nitrogens with zero attached hydrogens (tertiary/aromatic N) is 1. The second kappa shape index (κ2) is 13.1. The summed E-state index contributed by atoms with van der Waals surface area (Å²) in [6.45, 7) is 12.0. The molecule has 0 heterocycles. The van der Waals surface area contributed by atoms with E-state index in [2.05, 4.69) is 190 Å². The van der Waals surface area contributed by atoms with Gasteiger partial charge in [-0.2, -0.15) is 0 Å². The van der Waals surface area contributed by atoms with Crippen molar-refractivity contribution in [1.82, 2.24) is 0 Å². The number of anilines is 3. The fraction of sp³-hybridized carbons (Fsp3) is 0.217. The standard InChI is InChI=1S/C46H47NSi/c1-6-31-46(39-15-11-8-12-16-39)33-34(2)44-30-27-42(32-45(44)46)47(40-23-17-36(18-24-40)35-13-9-7-10-14-35)41-25-19-37(20-26-41)38-21-28-43(29-22-38)48(3,4)5/h7-30,32,34H,6,31,33H2,1-5H3. The summed E-state index contributed by atoms with van der Waals surface area (Å²) in [6.07, 6.45) is 3.45. The van der Waals surface area contributed by atoms with Gasteiger partial charge in [0.15, 0.2) is 0 Å². The average molecular weight is 642 g/mol. The molecule has 0 radical (unpaired) electrons. The maximum absolute atomic E-state index is 2.51. The Bertz CT molecular complexity index is 1970. The Labute approximate surface area is 289 Å². The van der Waals surface area contributed by atoms with E-state index in [-0.39, 0.29) is 5.41 Å². The van der Waals surface area contributed by atoms with E-state index in [1.165, 1.54) is 49.8 Å². The first-order valence-corrected chi connectivity index (χ1v) is 21.1. The van der Waals surface area contributed by atoms with Gasteiger partial charge in [0, 0.05) is 22.5 Å². The predicted octanol–water partition coefficient (Wildman–Crippen LogP) is 12.6. The molecular formula is C46H47NSi. The second-order valence-electron chi connectivity index (χ2n) is 14.7. The quantitative estimate of drug-likeness (QED) is 0.142. The number of benzene rings is 6. The fourth-order valence-corrected chi connectivity index (χ4v) is 9.12. The van der Waals surface area contributed by atoms with Gasteiger partial charge in [-0.25, -0.2) is 0 Å². The Morgan fingerprint density at radius 3 is 1.58 bits per heavy atom.